The molecule has 3 aromatic rings. The van der Waals surface area contributed by atoms with Gasteiger partial charge < -0.3 is 0 Å². The van der Waals surface area contributed by atoms with Crippen molar-refractivity contribution in [3.8, 4) is 11.3 Å². The van der Waals surface area contributed by atoms with Crippen molar-refractivity contribution >= 4 is 11.0 Å². The third-order valence-corrected chi connectivity index (χ3v) is 3.30. The molecule has 0 atom stereocenters. The largest absolute Gasteiger partial charge is 0.248 e. The maximum atomic E-state index is 8.15. The summed E-state index contributed by atoms with van der Waals surface area (Å²) in [7, 11) is 0. The van der Waals surface area contributed by atoms with Gasteiger partial charge in [0.2, 0.25) is 0 Å². The predicted molar refractivity (Wildman–Crippen MR) is 83.8 cm³/mol. The molecule has 0 saturated heterocycles. The van der Waals surface area contributed by atoms with E-state index in [-0.39, 0.29) is 24.0 Å². The number of nitrogens with zero attached hydrogens (tertiary/aromatic N) is 2. The Labute approximate surface area is 123 Å². The van der Waals surface area contributed by atoms with Gasteiger partial charge in [0.05, 0.1) is 26.5 Å². The van der Waals surface area contributed by atoms with E-state index in [1.165, 1.54) is 0 Å². The molecule has 20 heavy (non-hydrogen) atoms. The number of aromatic nitrogens is 2. The van der Waals surface area contributed by atoms with Gasteiger partial charge in [-0.15, -0.1) is 0 Å². The first-order valence-electron chi connectivity index (χ1n) is 8.25. The molecule has 3 rings (SSSR count). The second kappa shape index (κ2) is 5.04. The van der Waals surface area contributed by atoms with Crippen molar-refractivity contribution in [3.63, 3.8) is 0 Å². The van der Waals surface area contributed by atoms with Gasteiger partial charge in [-0.2, -0.15) is 0 Å². The number of para-hydroxylation sites is 1. The van der Waals surface area contributed by atoms with Crippen LogP contribution in [0.5, 0.6) is 0 Å². The number of benzene rings is 2. The van der Waals surface area contributed by atoms with Crippen molar-refractivity contribution < 1.29 is 4.11 Å². The maximum Gasteiger partial charge on any atom is 0.0927 e. The van der Waals surface area contributed by atoms with E-state index in [1.54, 1.807) is 6.92 Å². The zero-order valence-electron chi connectivity index (χ0n) is 14.9. The van der Waals surface area contributed by atoms with Crippen molar-refractivity contribution in [1.82, 2.24) is 9.97 Å². The molecular formula is C18H18N2. The Balaban J connectivity index is 2.44. The zero-order valence-corrected chi connectivity index (χ0v) is 11.9. The van der Waals surface area contributed by atoms with Gasteiger partial charge in [0.1, 0.15) is 0 Å². The molecule has 0 amide bonds. The first-order valence-corrected chi connectivity index (χ1v) is 6.75. The van der Waals surface area contributed by atoms with Gasteiger partial charge in [0, 0.05) is 5.56 Å². The third-order valence-electron chi connectivity index (χ3n) is 3.30. The lowest BCUT2D eigenvalue weighted by molar-refractivity contribution is 0.825. The fourth-order valence-electron chi connectivity index (χ4n) is 2.25. The van der Waals surface area contributed by atoms with E-state index >= 15 is 0 Å². The number of aryl methyl sites for hydroxylation is 1. The second-order valence-electron chi connectivity index (χ2n) is 5.18. The number of fused-ring (bicyclic) bond motifs is 1. The molecule has 100 valence electrons. The predicted octanol–water partition coefficient (Wildman–Crippen LogP) is 4.73. The summed E-state index contributed by atoms with van der Waals surface area (Å²) in [5.41, 5.74) is 4.10. The van der Waals surface area contributed by atoms with Crippen molar-refractivity contribution in [2.75, 3.05) is 0 Å². The highest BCUT2D eigenvalue weighted by Gasteiger charge is 2.14. The minimum Gasteiger partial charge on any atom is -0.248 e. The summed E-state index contributed by atoms with van der Waals surface area (Å²) in [5, 5.41) is 0. The van der Waals surface area contributed by atoms with Gasteiger partial charge >= 0.3 is 0 Å². The third kappa shape index (κ3) is 2.18. The van der Waals surface area contributed by atoms with E-state index in [2.05, 4.69) is 18.8 Å². The Kier molecular flexibility index (Phi) is 2.43. The molecule has 0 saturated carbocycles. The number of rotatable bonds is 2. The molecule has 0 aliphatic heterocycles. The van der Waals surface area contributed by atoms with Crippen LogP contribution in [0.3, 0.4) is 0 Å². The van der Waals surface area contributed by atoms with Crippen LogP contribution in [0.25, 0.3) is 22.3 Å². The summed E-state index contributed by atoms with van der Waals surface area (Å²) in [6.07, 6.45) is 0. The highest BCUT2D eigenvalue weighted by molar-refractivity contribution is 5.81. The van der Waals surface area contributed by atoms with Gasteiger partial charge in [0.15, 0.2) is 0 Å². The van der Waals surface area contributed by atoms with E-state index in [1.807, 2.05) is 30.3 Å². The van der Waals surface area contributed by atoms with Crippen LogP contribution >= 0.6 is 0 Å². The topological polar surface area (TPSA) is 25.8 Å². The second-order valence-corrected chi connectivity index (χ2v) is 5.18. The summed E-state index contributed by atoms with van der Waals surface area (Å²) in [4.78, 5) is 9.40. The molecule has 0 aliphatic carbocycles. The Morgan fingerprint density at radius 3 is 2.50 bits per heavy atom. The lowest BCUT2D eigenvalue weighted by Crippen LogP contribution is -2.01. The number of hydrogen-bond donors (Lipinski definition) is 0. The Hall–Kier alpha value is -2.22. The Morgan fingerprint density at radius 1 is 1.05 bits per heavy atom. The minimum atomic E-state index is -0.0967. The van der Waals surface area contributed by atoms with E-state index < -0.39 is 0 Å². The van der Waals surface area contributed by atoms with Gasteiger partial charge in [-0.25, -0.2) is 9.97 Å². The molecule has 1 aromatic heterocycles. The van der Waals surface area contributed by atoms with Crippen LogP contribution < -0.4 is 0 Å². The first-order chi connectivity index (χ1) is 10.9. The zero-order chi connectivity index (χ0) is 16.7. The smallest absolute Gasteiger partial charge is 0.0927 e. The molecule has 0 bridgehead atoms. The molecule has 0 fully saturated rings. The molecule has 0 N–H and O–H groups in total. The van der Waals surface area contributed by atoms with Crippen molar-refractivity contribution in [2.24, 2.45) is 0 Å². The van der Waals surface area contributed by atoms with E-state index in [0.29, 0.717) is 16.6 Å². The highest BCUT2D eigenvalue weighted by atomic mass is 14.8. The molecular weight excluding hydrogens is 244 g/mol. The normalized spacial score (nSPS) is 13.3. The van der Waals surface area contributed by atoms with Crippen molar-refractivity contribution in [3.05, 3.63) is 59.7 Å². The average Bonchev–Trinajstić information content (AvgIpc) is 2.57. The van der Waals surface area contributed by atoms with Crippen LogP contribution in [0, 0.1) is 6.92 Å². The molecule has 2 heteroatoms. The highest BCUT2D eigenvalue weighted by Crippen LogP contribution is 2.28. The van der Waals surface area contributed by atoms with Crippen molar-refractivity contribution in [2.45, 2.75) is 26.7 Å². The standard InChI is InChI=1S/C18H18N2/c1-12(2)16-18(14-9-5-4-6-10-14)19-15-11-7-8-13(3)17(15)20-16/h4-12H,1-3H3/i7D,8D,11D. The van der Waals surface area contributed by atoms with E-state index in [4.69, 9.17) is 9.10 Å². The van der Waals surface area contributed by atoms with Crippen LogP contribution in [0.4, 0.5) is 0 Å². The molecule has 2 nitrogen and oxygen atoms in total. The Morgan fingerprint density at radius 2 is 1.80 bits per heavy atom. The molecule has 2 aromatic carbocycles. The monoisotopic (exact) mass is 265 g/mol. The first kappa shape index (κ1) is 9.65. The quantitative estimate of drug-likeness (QED) is 0.669. The maximum absolute atomic E-state index is 8.15. The summed E-state index contributed by atoms with van der Waals surface area (Å²) in [6.45, 7) is 5.88. The van der Waals surface area contributed by atoms with Gasteiger partial charge in [-0.1, -0.05) is 56.3 Å². The van der Waals surface area contributed by atoms with E-state index in [0.717, 1.165) is 17.0 Å². The SMILES string of the molecule is [2H]c1c([2H])c(C)c2nc(C(C)C)c(-c3ccccc3)nc2c1[2H]. The van der Waals surface area contributed by atoms with Gasteiger partial charge in [-0.05, 0) is 24.4 Å². The van der Waals surface area contributed by atoms with Crippen LogP contribution in [-0.4, -0.2) is 9.97 Å². The lowest BCUT2D eigenvalue weighted by Gasteiger charge is -2.13. The molecule has 0 aliphatic rings. The fraction of sp³-hybridized carbons (Fsp3) is 0.222. The van der Waals surface area contributed by atoms with Crippen LogP contribution in [-0.2, 0) is 0 Å². The van der Waals surface area contributed by atoms with Crippen molar-refractivity contribution in [1.29, 1.82) is 0 Å². The summed E-state index contributed by atoms with van der Waals surface area (Å²) < 4.78 is 24.1. The lowest BCUT2D eigenvalue weighted by atomic mass is 10.0. The summed E-state index contributed by atoms with van der Waals surface area (Å²) in [6, 6.07) is 9.70. The van der Waals surface area contributed by atoms with Crippen LogP contribution in [0.15, 0.2) is 48.5 Å². The number of hydrogen-bond acceptors (Lipinski definition) is 2. The minimum absolute atomic E-state index is 0.0319. The summed E-state index contributed by atoms with van der Waals surface area (Å²) >= 11 is 0. The molecule has 0 spiro atoms. The average molecular weight is 265 g/mol. The van der Waals surface area contributed by atoms with Gasteiger partial charge in [-0.3, -0.25) is 0 Å². The van der Waals surface area contributed by atoms with E-state index in [9.17, 15) is 0 Å². The summed E-state index contributed by atoms with van der Waals surface area (Å²) in [5.74, 6) is 0.167. The molecule has 0 radical (unpaired) electrons. The molecule has 1 heterocycles. The fourth-order valence-corrected chi connectivity index (χ4v) is 2.25. The van der Waals surface area contributed by atoms with Gasteiger partial charge in [0.25, 0.3) is 0 Å². The Bertz CT molecular complexity index is 890. The molecule has 0 unspecified atom stereocenters. The van der Waals surface area contributed by atoms with Crippen LogP contribution in [0.1, 0.15) is 35.1 Å². The van der Waals surface area contributed by atoms with Crippen LogP contribution in [0.2, 0.25) is 0 Å².